The standard InChI is InChI=1S/C18H26N2O2/c1-10-6-11(2)16(12(3)7-10)19-18(22)20-17-14-5-4-13(8-14)15(17)9-21/h6-7,13-15,17,21H,4-5,8-9H2,1-3H3,(H2,19,20,22). The largest absolute Gasteiger partial charge is 0.396 e. The van der Waals surface area contributed by atoms with Crippen molar-refractivity contribution in [3.05, 3.63) is 28.8 Å². The van der Waals surface area contributed by atoms with Crippen LogP contribution in [-0.4, -0.2) is 23.8 Å². The highest BCUT2D eigenvalue weighted by Crippen LogP contribution is 2.48. The number of aliphatic hydroxyl groups is 1. The Morgan fingerprint density at radius 2 is 1.82 bits per heavy atom. The summed E-state index contributed by atoms with van der Waals surface area (Å²) in [7, 11) is 0. The van der Waals surface area contributed by atoms with E-state index in [2.05, 4.69) is 29.7 Å². The molecular weight excluding hydrogens is 276 g/mol. The highest BCUT2D eigenvalue weighted by Gasteiger charge is 2.47. The van der Waals surface area contributed by atoms with E-state index < -0.39 is 0 Å². The molecule has 0 spiro atoms. The molecule has 4 nitrogen and oxygen atoms in total. The van der Waals surface area contributed by atoms with Gasteiger partial charge in [0.1, 0.15) is 0 Å². The number of hydrogen-bond donors (Lipinski definition) is 3. The number of anilines is 1. The molecule has 2 aliphatic carbocycles. The van der Waals surface area contributed by atoms with Crippen molar-refractivity contribution in [1.29, 1.82) is 0 Å². The second kappa shape index (κ2) is 5.92. The second-order valence-corrected chi connectivity index (χ2v) is 7.08. The van der Waals surface area contributed by atoms with Gasteiger partial charge >= 0.3 is 6.03 Å². The molecule has 3 N–H and O–H groups in total. The van der Waals surface area contributed by atoms with E-state index in [1.807, 2.05) is 13.8 Å². The maximum Gasteiger partial charge on any atom is 0.319 e. The molecule has 4 unspecified atom stereocenters. The van der Waals surface area contributed by atoms with Crippen LogP contribution in [0.25, 0.3) is 0 Å². The highest BCUT2D eigenvalue weighted by atomic mass is 16.3. The number of fused-ring (bicyclic) bond motifs is 2. The summed E-state index contributed by atoms with van der Waals surface area (Å²) in [6.45, 7) is 6.27. The summed E-state index contributed by atoms with van der Waals surface area (Å²) in [5.74, 6) is 1.35. The number of urea groups is 1. The molecule has 4 atom stereocenters. The number of carbonyl (C=O) groups excluding carboxylic acids is 1. The molecule has 0 saturated heterocycles. The van der Waals surface area contributed by atoms with Crippen LogP contribution in [-0.2, 0) is 0 Å². The predicted octanol–water partition coefficient (Wildman–Crippen LogP) is 3.14. The number of amides is 2. The molecule has 2 fully saturated rings. The van der Waals surface area contributed by atoms with Crippen molar-refractivity contribution in [2.75, 3.05) is 11.9 Å². The van der Waals surface area contributed by atoms with Crippen molar-refractivity contribution in [1.82, 2.24) is 5.32 Å². The van der Waals surface area contributed by atoms with Gasteiger partial charge in [0.2, 0.25) is 0 Å². The lowest BCUT2D eigenvalue weighted by Gasteiger charge is -2.30. The SMILES string of the molecule is Cc1cc(C)c(NC(=O)NC2C3CCC(C3)C2CO)c(C)c1. The molecule has 0 radical (unpaired) electrons. The van der Waals surface area contributed by atoms with E-state index in [4.69, 9.17) is 0 Å². The van der Waals surface area contributed by atoms with Gasteiger partial charge in [0.25, 0.3) is 0 Å². The first-order valence-electron chi connectivity index (χ1n) is 8.25. The van der Waals surface area contributed by atoms with Crippen LogP contribution < -0.4 is 10.6 Å². The number of aliphatic hydroxyl groups excluding tert-OH is 1. The van der Waals surface area contributed by atoms with Crippen LogP contribution in [0.5, 0.6) is 0 Å². The van der Waals surface area contributed by atoms with Crippen molar-refractivity contribution >= 4 is 11.7 Å². The van der Waals surface area contributed by atoms with Crippen molar-refractivity contribution in [3.8, 4) is 0 Å². The quantitative estimate of drug-likeness (QED) is 0.803. The van der Waals surface area contributed by atoms with E-state index in [1.165, 1.54) is 18.4 Å². The maximum atomic E-state index is 12.4. The van der Waals surface area contributed by atoms with E-state index in [9.17, 15) is 9.90 Å². The Kier molecular flexibility index (Phi) is 4.13. The number of carbonyl (C=O) groups is 1. The van der Waals surface area contributed by atoms with Crippen LogP contribution in [0.4, 0.5) is 10.5 Å². The monoisotopic (exact) mass is 302 g/mol. The third-order valence-corrected chi connectivity index (χ3v) is 5.51. The number of hydrogen-bond acceptors (Lipinski definition) is 2. The minimum Gasteiger partial charge on any atom is -0.396 e. The number of rotatable bonds is 3. The van der Waals surface area contributed by atoms with Crippen LogP contribution in [0.15, 0.2) is 12.1 Å². The van der Waals surface area contributed by atoms with Gasteiger partial charge in [-0.05, 0) is 63.0 Å². The summed E-state index contributed by atoms with van der Waals surface area (Å²) in [4.78, 5) is 12.4. The minimum absolute atomic E-state index is 0.120. The van der Waals surface area contributed by atoms with Gasteiger partial charge in [-0.15, -0.1) is 0 Å². The van der Waals surface area contributed by atoms with Gasteiger partial charge in [-0.25, -0.2) is 4.79 Å². The van der Waals surface area contributed by atoms with Gasteiger partial charge < -0.3 is 15.7 Å². The van der Waals surface area contributed by atoms with E-state index in [-0.39, 0.29) is 24.6 Å². The van der Waals surface area contributed by atoms with E-state index in [0.29, 0.717) is 11.8 Å². The Balaban J connectivity index is 1.68. The van der Waals surface area contributed by atoms with E-state index >= 15 is 0 Å². The van der Waals surface area contributed by atoms with Crippen LogP contribution in [0.1, 0.15) is 36.0 Å². The van der Waals surface area contributed by atoms with E-state index in [1.54, 1.807) is 0 Å². The average Bonchev–Trinajstić information content (AvgIpc) is 3.03. The van der Waals surface area contributed by atoms with Crippen molar-refractivity contribution < 1.29 is 9.90 Å². The maximum absolute atomic E-state index is 12.4. The fourth-order valence-electron chi connectivity index (χ4n) is 4.58. The molecule has 120 valence electrons. The second-order valence-electron chi connectivity index (χ2n) is 7.08. The first kappa shape index (κ1) is 15.3. The van der Waals surface area contributed by atoms with Crippen molar-refractivity contribution in [2.24, 2.45) is 17.8 Å². The first-order valence-corrected chi connectivity index (χ1v) is 8.25. The highest BCUT2D eigenvalue weighted by molar-refractivity contribution is 5.91. The molecule has 0 aliphatic heterocycles. The summed E-state index contributed by atoms with van der Waals surface area (Å²) in [6.07, 6.45) is 3.53. The van der Waals surface area contributed by atoms with Gasteiger partial charge in [-0.1, -0.05) is 17.7 Å². The predicted molar refractivity (Wildman–Crippen MR) is 88.0 cm³/mol. The van der Waals surface area contributed by atoms with E-state index in [0.717, 1.165) is 23.2 Å². The number of aryl methyl sites for hydroxylation is 3. The molecule has 2 bridgehead atoms. The first-order chi connectivity index (χ1) is 10.5. The zero-order valence-corrected chi connectivity index (χ0v) is 13.6. The lowest BCUT2D eigenvalue weighted by Crippen LogP contribution is -2.47. The van der Waals surface area contributed by atoms with Crippen molar-refractivity contribution in [2.45, 2.75) is 46.1 Å². The lowest BCUT2D eigenvalue weighted by molar-refractivity contribution is 0.146. The smallest absolute Gasteiger partial charge is 0.319 e. The van der Waals surface area contributed by atoms with Gasteiger partial charge in [0, 0.05) is 24.3 Å². The molecular formula is C18H26N2O2. The molecule has 3 rings (SSSR count). The fraction of sp³-hybridized carbons (Fsp3) is 0.611. The van der Waals surface area contributed by atoms with Crippen LogP contribution in [0, 0.1) is 38.5 Å². The summed E-state index contributed by atoms with van der Waals surface area (Å²) in [5, 5.41) is 15.7. The molecule has 1 aromatic rings. The van der Waals surface area contributed by atoms with Gasteiger partial charge in [0.05, 0.1) is 0 Å². The molecule has 0 aromatic heterocycles. The molecule has 0 heterocycles. The molecule has 2 aliphatic rings. The van der Waals surface area contributed by atoms with Crippen molar-refractivity contribution in [3.63, 3.8) is 0 Å². The topological polar surface area (TPSA) is 61.4 Å². The Morgan fingerprint density at radius 3 is 2.45 bits per heavy atom. The Labute approximate surface area is 132 Å². The zero-order valence-electron chi connectivity index (χ0n) is 13.6. The van der Waals surface area contributed by atoms with Crippen LogP contribution in [0.2, 0.25) is 0 Å². The summed E-state index contributed by atoms with van der Waals surface area (Å²) in [6, 6.07) is 4.13. The van der Waals surface area contributed by atoms with Gasteiger partial charge in [-0.2, -0.15) is 0 Å². The minimum atomic E-state index is -0.147. The zero-order chi connectivity index (χ0) is 15.9. The third kappa shape index (κ3) is 2.72. The number of nitrogens with one attached hydrogen (secondary N) is 2. The van der Waals surface area contributed by atoms with Gasteiger partial charge in [0.15, 0.2) is 0 Å². The molecule has 2 saturated carbocycles. The van der Waals surface area contributed by atoms with Crippen LogP contribution in [0.3, 0.4) is 0 Å². The fourth-order valence-corrected chi connectivity index (χ4v) is 4.58. The lowest BCUT2D eigenvalue weighted by atomic mass is 9.85. The summed E-state index contributed by atoms with van der Waals surface area (Å²) >= 11 is 0. The third-order valence-electron chi connectivity index (χ3n) is 5.51. The normalized spacial score (nSPS) is 29.6. The van der Waals surface area contributed by atoms with Gasteiger partial charge in [-0.3, -0.25) is 0 Å². The summed E-state index contributed by atoms with van der Waals surface area (Å²) < 4.78 is 0. The number of benzene rings is 1. The average molecular weight is 302 g/mol. The Hall–Kier alpha value is -1.55. The Bertz CT molecular complexity index is 561. The van der Waals surface area contributed by atoms with Crippen LogP contribution >= 0.6 is 0 Å². The Morgan fingerprint density at radius 1 is 1.18 bits per heavy atom. The summed E-state index contributed by atoms with van der Waals surface area (Å²) in [5.41, 5.74) is 4.26. The molecule has 2 amide bonds. The molecule has 1 aromatic carbocycles. The molecule has 4 heteroatoms. The molecule has 22 heavy (non-hydrogen) atoms.